The standard InChI is InChI=1S/C21H19N3OS.CH5N/c1-13(2)25-19-10-9-15(11-16(19)12-22)20-23-24-21(26-20)18-8-4-6-14-5-3-7-17(14)18;1-2/h4,6,8-11,13H,3,5,7H2,1-2H3;2H2,1H3. The Bertz CT molecular complexity index is 1000. The summed E-state index contributed by atoms with van der Waals surface area (Å²) in [5.41, 5.74) is 9.96. The van der Waals surface area contributed by atoms with Crippen molar-refractivity contribution in [3.63, 3.8) is 0 Å². The Morgan fingerprint density at radius 3 is 2.64 bits per heavy atom. The highest BCUT2D eigenvalue weighted by atomic mass is 32.1. The van der Waals surface area contributed by atoms with Crippen LogP contribution in [0, 0.1) is 11.3 Å². The molecule has 3 aromatic rings. The minimum absolute atomic E-state index is 0.0289. The van der Waals surface area contributed by atoms with Crippen LogP contribution in [0.5, 0.6) is 5.75 Å². The Labute approximate surface area is 169 Å². The fourth-order valence-corrected chi connectivity index (χ4v) is 4.27. The molecule has 0 atom stereocenters. The first-order valence-electron chi connectivity index (χ1n) is 9.39. The number of nitrogens with zero attached hydrogens (tertiary/aromatic N) is 3. The van der Waals surface area contributed by atoms with Crippen molar-refractivity contribution in [1.82, 2.24) is 10.2 Å². The van der Waals surface area contributed by atoms with Crippen molar-refractivity contribution in [2.75, 3.05) is 7.05 Å². The van der Waals surface area contributed by atoms with E-state index in [1.165, 1.54) is 30.2 Å². The molecule has 1 heterocycles. The summed E-state index contributed by atoms with van der Waals surface area (Å²) in [6.07, 6.45) is 3.50. The van der Waals surface area contributed by atoms with Crippen LogP contribution in [0.15, 0.2) is 36.4 Å². The average molecular weight is 393 g/mol. The zero-order valence-electron chi connectivity index (χ0n) is 16.4. The molecule has 0 bridgehead atoms. The monoisotopic (exact) mass is 392 g/mol. The van der Waals surface area contributed by atoms with Gasteiger partial charge < -0.3 is 10.5 Å². The van der Waals surface area contributed by atoms with Gasteiger partial charge in [0.25, 0.3) is 0 Å². The summed E-state index contributed by atoms with van der Waals surface area (Å²) in [5.74, 6) is 0.608. The van der Waals surface area contributed by atoms with E-state index in [0.29, 0.717) is 11.3 Å². The maximum Gasteiger partial charge on any atom is 0.148 e. The Morgan fingerprint density at radius 2 is 1.89 bits per heavy atom. The molecule has 0 saturated heterocycles. The predicted molar refractivity (Wildman–Crippen MR) is 113 cm³/mol. The quantitative estimate of drug-likeness (QED) is 0.702. The van der Waals surface area contributed by atoms with Gasteiger partial charge in [0, 0.05) is 11.1 Å². The van der Waals surface area contributed by atoms with Crippen LogP contribution in [0.1, 0.15) is 37.0 Å². The van der Waals surface area contributed by atoms with Gasteiger partial charge >= 0.3 is 0 Å². The zero-order chi connectivity index (χ0) is 20.1. The first kappa shape index (κ1) is 20.0. The highest BCUT2D eigenvalue weighted by Crippen LogP contribution is 2.37. The van der Waals surface area contributed by atoms with Crippen LogP contribution in [-0.2, 0) is 12.8 Å². The lowest BCUT2D eigenvalue weighted by Crippen LogP contribution is -2.06. The maximum atomic E-state index is 9.43. The number of ether oxygens (including phenoxy) is 1. The molecule has 1 aromatic heterocycles. The molecule has 1 aliphatic rings. The highest BCUT2D eigenvalue weighted by Gasteiger charge is 2.18. The topological polar surface area (TPSA) is 84.8 Å². The molecule has 0 saturated carbocycles. The molecular weight excluding hydrogens is 368 g/mol. The molecule has 0 spiro atoms. The lowest BCUT2D eigenvalue weighted by molar-refractivity contribution is 0.242. The number of nitrogens with two attached hydrogens (primary N) is 1. The highest BCUT2D eigenvalue weighted by molar-refractivity contribution is 7.17. The van der Waals surface area contributed by atoms with Crippen LogP contribution in [0.2, 0.25) is 0 Å². The normalized spacial score (nSPS) is 12.1. The van der Waals surface area contributed by atoms with Gasteiger partial charge in [-0.1, -0.05) is 29.5 Å². The molecule has 28 heavy (non-hydrogen) atoms. The third-order valence-electron chi connectivity index (χ3n) is 4.51. The van der Waals surface area contributed by atoms with Gasteiger partial charge in [-0.05, 0) is 69.5 Å². The molecule has 0 amide bonds. The van der Waals surface area contributed by atoms with Gasteiger partial charge in [0.1, 0.15) is 21.8 Å². The number of aryl methyl sites for hydroxylation is 1. The number of hydrogen-bond acceptors (Lipinski definition) is 6. The van der Waals surface area contributed by atoms with Gasteiger partial charge in [0.05, 0.1) is 11.7 Å². The van der Waals surface area contributed by atoms with Crippen molar-refractivity contribution in [3.8, 4) is 33.0 Å². The molecule has 0 radical (unpaired) electrons. The van der Waals surface area contributed by atoms with Crippen molar-refractivity contribution in [2.45, 2.75) is 39.2 Å². The van der Waals surface area contributed by atoms with Gasteiger partial charge in [-0.25, -0.2) is 0 Å². The fourth-order valence-electron chi connectivity index (χ4n) is 3.38. The Kier molecular flexibility index (Phi) is 6.40. The minimum atomic E-state index is 0.0289. The van der Waals surface area contributed by atoms with E-state index in [4.69, 9.17) is 4.74 Å². The van der Waals surface area contributed by atoms with Crippen LogP contribution < -0.4 is 10.5 Å². The van der Waals surface area contributed by atoms with Crippen LogP contribution in [0.4, 0.5) is 0 Å². The summed E-state index contributed by atoms with van der Waals surface area (Å²) in [7, 11) is 1.50. The molecule has 1 aliphatic carbocycles. The largest absolute Gasteiger partial charge is 0.490 e. The molecule has 6 heteroatoms. The van der Waals surface area contributed by atoms with Gasteiger partial charge in [0.15, 0.2) is 0 Å². The number of aromatic nitrogens is 2. The lowest BCUT2D eigenvalue weighted by atomic mass is 10.0. The van der Waals surface area contributed by atoms with Gasteiger partial charge in [-0.3, -0.25) is 0 Å². The van der Waals surface area contributed by atoms with Crippen molar-refractivity contribution in [1.29, 1.82) is 5.26 Å². The van der Waals surface area contributed by atoms with Crippen LogP contribution >= 0.6 is 11.3 Å². The molecule has 5 nitrogen and oxygen atoms in total. The summed E-state index contributed by atoms with van der Waals surface area (Å²) >= 11 is 1.57. The molecular formula is C22H24N4OS. The van der Waals surface area contributed by atoms with Crippen molar-refractivity contribution in [3.05, 3.63) is 53.1 Å². The number of nitriles is 1. The summed E-state index contributed by atoms with van der Waals surface area (Å²) < 4.78 is 5.70. The second-order valence-corrected chi connectivity index (χ2v) is 7.68. The second kappa shape index (κ2) is 8.96. The Morgan fingerprint density at radius 1 is 1.11 bits per heavy atom. The first-order chi connectivity index (χ1) is 13.7. The molecule has 0 fully saturated rings. The number of hydrogen-bond donors (Lipinski definition) is 1. The van der Waals surface area contributed by atoms with E-state index in [-0.39, 0.29) is 6.10 Å². The molecule has 2 N–H and O–H groups in total. The Hall–Kier alpha value is -2.75. The first-order valence-corrected chi connectivity index (χ1v) is 10.2. The molecule has 2 aromatic carbocycles. The van der Waals surface area contributed by atoms with Gasteiger partial charge in [-0.2, -0.15) is 5.26 Å². The zero-order valence-corrected chi connectivity index (χ0v) is 17.2. The fraction of sp³-hybridized carbons (Fsp3) is 0.318. The van der Waals surface area contributed by atoms with E-state index < -0.39 is 0 Å². The molecule has 0 unspecified atom stereocenters. The SMILES string of the molecule is CC(C)Oc1ccc(-c2nnc(-c3cccc4c3CCC4)s2)cc1C#N.CN. The van der Waals surface area contributed by atoms with Crippen LogP contribution in [0.3, 0.4) is 0 Å². The van der Waals surface area contributed by atoms with Crippen molar-refractivity contribution >= 4 is 11.3 Å². The van der Waals surface area contributed by atoms with E-state index >= 15 is 0 Å². The van der Waals surface area contributed by atoms with Crippen LogP contribution in [-0.4, -0.2) is 23.3 Å². The van der Waals surface area contributed by atoms with Crippen molar-refractivity contribution < 1.29 is 4.74 Å². The van der Waals surface area contributed by atoms with E-state index in [0.717, 1.165) is 28.4 Å². The van der Waals surface area contributed by atoms with Crippen LogP contribution in [0.25, 0.3) is 21.1 Å². The van der Waals surface area contributed by atoms with Gasteiger partial charge in [-0.15, -0.1) is 10.2 Å². The van der Waals surface area contributed by atoms with Gasteiger partial charge in [0.2, 0.25) is 0 Å². The summed E-state index contributed by atoms with van der Waals surface area (Å²) in [6, 6.07) is 14.3. The molecule has 0 aliphatic heterocycles. The van der Waals surface area contributed by atoms with E-state index in [9.17, 15) is 5.26 Å². The second-order valence-electron chi connectivity index (χ2n) is 6.70. The third kappa shape index (κ3) is 4.06. The summed E-state index contributed by atoms with van der Waals surface area (Å²) in [5, 5.41) is 20.0. The maximum absolute atomic E-state index is 9.43. The summed E-state index contributed by atoms with van der Waals surface area (Å²) in [4.78, 5) is 0. The third-order valence-corrected chi connectivity index (χ3v) is 5.52. The number of benzene rings is 2. The number of rotatable bonds is 4. The van der Waals surface area contributed by atoms with E-state index in [2.05, 4.69) is 40.2 Å². The lowest BCUT2D eigenvalue weighted by Gasteiger charge is -2.11. The van der Waals surface area contributed by atoms with E-state index in [1.807, 2.05) is 32.0 Å². The predicted octanol–water partition coefficient (Wildman–Crippen LogP) is 4.59. The average Bonchev–Trinajstić information content (AvgIpc) is 3.39. The number of fused-ring (bicyclic) bond motifs is 1. The smallest absolute Gasteiger partial charge is 0.148 e. The Balaban J connectivity index is 0.00000109. The van der Waals surface area contributed by atoms with Crippen molar-refractivity contribution in [2.24, 2.45) is 5.73 Å². The van der Waals surface area contributed by atoms with E-state index in [1.54, 1.807) is 11.3 Å². The molecule has 4 rings (SSSR count). The molecule has 144 valence electrons. The minimum Gasteiger partial charge on any atom is -0.490 e. The summed E-state index contributed by atoms with van der Waals surface area (Å²) in [6.45, 7) is 3.90.